The molecular formula is C23H18FNO4S. The molecule has 7 heteroatoms. The van der Waals surface area contributed by atoms with Crippen molar-refractivity contribution < 1.29 is 23.5 Å². The Labute approximate surface area is 176 Å². The lowest BCUT2D eigenvalue weighted by Gasteiger charge is -2.22. The number of nitrogens with zero attached hydrogens (tertiary/aromatic N) is 1. The first-order valence-corrected chi connectivity index (χ1v) is 10.4. The lowest BCUT2D eigenvalue weighted by atomic mass is 10.0. The normalized spacial score (nSPS) is 15.8. The van der Waals surface area contributed by atoms with E-state index in [1.165, 1.54) is 47.7 Å². The van der Waals surface area contributed by atoms with Gasteiger partial charge in [0.15, 0.2) is 5.78 Å². The Morgan fingerprint density at radius 2 is 1.63 bits per heavy atom. The lowest BCUT2D eigenvalue weighted by Crippen LogP contribution is -2.42. The van der Waals surface area contributed by atoms with E-state index in [1.54, 1.807) is 29.2 Å². The van der Waals surface area contributed by atoms with Gasteiger partial charge in [-0.05, 0) is 72.8 Å². The molecule has 1 saturated heterocycles. The maximum Gasteiger partial charge on any atom is 0.334 e. The number of halogens is 1. The van der Waals surface area contributed by atoms with E-state index < -0.39 is 17.8 Å². The predicted molar refractivity (Wildman–Crippen MR) is 110 cm³/mol. The average Bonchev–Trinajstić information content (AvgIpc) is 3.46. The zero-order valence-electron chi connectivity index (χ0n) is 15.9. The first-order valence-electron chi connectivity index (χ1n) is 9.49. The molecule has 4 rings (SSSR count). The molecule has 1 fully saturated rings. The number of rotatable bonds is 5. The van der Waals surface area contributed by atoms with E-state index in [0.29, 0.717) is 34.7 Å². The monoisotopic (exact) mass is 423 g/mol. The van der Waals surface area contributed by atoms with Crippen LogP contribution in [0.3, 0.4) is 0 Å². The highest BCUT2D eigenvalue weighted by Gasteiger charge is 2.36. The number of likely N-dealkylation sites (tertiary alicyclic amines) is 1. The lowest BCUT2D eigenvalue weighted by molar-refractivity contribution is -0.138. The van der Waals surface area contributed by atoms with Crippen LogP contribution in [0.15, 0.2) is 66.0 Å². The topological polar surface area (TPSA) is 63.7 Å². The molecule has 0 saturated carbocycles. The quantitative estimate of drug-likeness (QED) is 0.348. The van der Waals surface area contributed by atoms with Gasteiger partial charge in [-0.2, -0.15) is 0 Å². The van der Waals surface area contributed by atoms with E-state index in [1.807, 2.05) is 5.38 Å². The summed E-state index contributed by atoms with van der Waals surface area (Å²) in [7, 11) is 0. The number of thiophene rings is 1. The summed E-state index contributed by atoms with van der Waals surface area (Å²) in [5, 5.41) is 1.82. The van der Waals surface area contributed by atoms with Crippen molar-refractivity contribution >= 4 is 29.0 Å². The molecule has 1 unspecified atom stereocenters. The maximum atomic E-state index is 13.0. The first kappa shape index (κ1) is 20.0. The molecular weight excluding hydrogens is 405 g/mol. The average molecular weight is 423 g/mol. The minimum Gasteiger partial charge on any atom is -0.425 e. The van der Waals surface area contributed by atoms with Crippen molar-refractivity contribution in [2.45, 2.75) is 18.9 Å². The molecule has 0 bridgehead atoms. The van der Waals surface area contributed by atoms with E-state index in [-0.39, 0.29) is 11.7 Å². The number of esters is 1. The molecule has 152 valence electrons. The molecule has 0 radical (unpaired) electrons. The summed E-state index contributed by atoms with van der Waals surface area (Å²) in [6, 6.07) is 14.4. The molecule has 1 amide bonds. The third kappa shape index (κ3) is 4.16. The van der Waals surface area contributed by atoms with Crippen molar-refractivity contribution in [3.8, 4) is 5.75 Å². The summed E-state index contributed by atoms with van der Waals surface area (Å²) in [4.78, 5) is 39.9. The molecule has 1 aliphatic heterocycles. The second kappa shape index (κ2) is 8.59. The van der Waals surface area contributed by atoms with Gasteiger partial charge in [0.05, 0.1) is 4.88 Å². The fourth-order valence-corrected chi connectivity index (χ4v) is 4.10. The molecule has 0 spiro atoms. The van der Waals surface area contributed by atoms with E-state index in [2.05, 4.69) is 0 Å². The van der Waals surface area contributed by atoms with Gasteiger partial charge in [-0.15, -0.1) is 11.3 Å². The molecule has 2 aromatic carbocycles. The SMILES string of the molecule is O=C(c1ccc(F)cc1)c1ccc(OC(=O)C2CCCN2C(=O)c2cccs2)cc1. The smallest absolute Gasteiger partial charge is 0.334 e. The molecule has 0 aliphatic carbocycles. The van der Waals surface area contributed by atoms with Crippen LogP contribution in [0.2, 0.25) is 0 Å². The van der Waals surface area contributed by atoms with Crippen LogP contribution < -0.4 is 4.74 Å². The van der Waals surface area contributed by atoms with Crippen LogP contribution in [-0.2, 0) is 4.79 Å². The number of ether oxygens (including phenoxy) is 1. The third-order valence-corrected chi connectivity index (χ3v) is 5.82. The highest BCUT2D eigenvalue weighted by molar-refractivity contribution is 7.12. The highest BCUT2D eigenvalue weighted by Crippen LogP contribution is 2.24. The molecule has 0 N–H and O–H groups in total. The number of ketones is 1. The summed E-state index contributed by atoms with van der Waals surface area (Å²) in [5.41, 5.74) is 0.770. The Balaban J connectivity index is 1.42. The number of amides is 1. The van der Waals surface area contributed by atoms with Crippen molar-refractivity contribution in [1.29, 1.82) is 0 Å². The zero-order valence-corrected chi connectivity index (χ0v) is 16.7. The number of carbonyl (C=O) groups excluding carboxylic acids is 3. The minimum absolute atomic E-state index is 0.162. The van der Waals surface area contributed by atoms with Crippen LogP contribution in [0.1, 0.15) is 38.4 Å². The summed E-state index contributed by atoms with van der Waals surface area (Å²) in [6.45, 7) is 0.515. The van der Waals surface area contributed by atoms with Crippen LogP contribution in [0.5, 0.6) is 5.75 Å². The molecule has 30 heavy (non-hydrogen) atoms. The van der Waals surface area contributed by atoms with Crippen molar-refractivity contribution in [2.24, 2.45) is 0 Å². The largest absolute Gasteiger partial charge is 0.425 e. The van der Waals surface area contributed by atoms with Crippen molar-refractivity contribution in [1.82, 2.24) is 4.90 Å². The Kier molecular flexibility index (Phi) is 5.72. The van der Waals surface area contributed by atoms with Gasteiger partial charge in [0, 0.05) is 17.7 Å². The second-order valence-electron chi connectivity index (χ2n) is 6.92. The van der Waals surface area contributed by atoms with Gasteiger partial charge >= 0.3 is 5.97 Å². The number of hydrogen-bond acceptors (Lipinski definition) is 5. The molecule has 1 aromatic heterocycles. The minimum atomic E-state index is -0.625. The highest BCUT2D eigenvalue weighted by atomic mass is 32.1. The van der Waals surface area contributed by atoms with Gasteiger partial charge in [-0.25, -0.2) is 9.18 Å². The zero-order chi connectivity index (χ0) is 21.1. The van der Waals surface area contributed by atoms with Gasteiger partial charge in [-0.1, -0.05) is 6.07 Å². The van der Waals surface area contributed by atoms with Crippen LogP contribution in [0.25, 0.3) is 0 Å². The van der Waals surface area contributed by atoms with Gasteiger partial charge in [0.2, 0.25) is 0 Å². The Hall–Kier alpha value is -3.32. The van der Waals surface area contributed by atoms with Gasteiger partial charge in [0.1, 0.15) is 17.6 Å². The van der Waals surface area contributed by atoms with E-state index in [9.17, 15) is 18.8 Å². The maximum absolute atomic E-state index is 13.0. The first-order chi connectivity index (χ1) is 14.5. The summed E-state index contributed by atoms with van der Waals surface area (Å²) < 4.78 is 18.5. The third-order valence-electron chi connectivity index (χ3n) is 4.96. The van der Waals surface area contributed by atoms with E-state index >= 15 is 0 Å². The second-order valence-corrected chi connectivity index (χ2v) is 7.86. The fraction of sp³-hybridized carbons (Fsp3) is 0.174. The number of carbonyl (C=O) groups is 3. The molecule has 2 heterocycles. The standard InChI is InChI=1S/C23H18FNO4S/c24-17-9-5-15(6-10-17)21(26)16-7-11-18(12-8-16)29-23(28)19-3-1-13-25(19)22(27)20-4-2-14-30-20/h2,4-12,14,19H,1,3,13H2. The van der Waals surface area contributed by atoms with Crippen LogP contribution in [0.4, 0.5) is 4.39 Å². The predicted octanol–water partition coefficient (Wildman–Crippen LogP) is 4.33. The van der Waals surface area contributed by atoms with Crippen LogP contribution >= 0.6 is 11.3 Å². The van der Waals surface area contributed by atoms with E-state index in [4.69, 9.17) is 4.74 Å². The molecule has 1 atom stereocenters. The van der Waals surface area contributed by atoms with E-state index in [0.717, 1.165) is 6.42 Å². The molecule has 5 nitrogen and oxygen atoms in total. The van der Waals surface area contributed by atoms with Crippen LogP contribution in [-0.4, -0.2) is 35.1 Å². The Morgan fingerprint density at radius 3 is 2.27 bits per heavy atom. The molecule has 3 aromatic rings. The number of hydrogen-bond donors (Lipinski definition) is 0. The van der Waals surface area contributed by atoms with Crippen LogP contribution in [0, 0.1) is 5.82 Å². The summed E-state index contributed by atoms with van der Waals surface area (Å²) in [6.07, 6.45) is 1.29. The van der Waals surface area contributed by atoms with Gasteiger partial charge < -0.3 is 9.64 Å². The van der Waals surface area contributed by atoms with Crippen molar-refractivity contribution in [3.63, 3.8) is 0 Å². The fourth-order valence-electron chi connectivity index (χ4n) is 3.42. The van der Waals surface area contributed by atoms with Crippen molar-refractivity contribution in [2.75, 3.05) is 6.54 Å². The molecule has 1 aliphatic rings. The van der Waals surface area contributed by atoms with Gasteiger partial charge in [0.25, 0.3) is 5.91 Å². The van der Waals surface area contributed by atoms with Gasteiger partial charge in [-0.3, -0.25) is 9.59 Å². The summed E-state index contributed by atoms with van der Waals surface area (Å²) >= 11 is 1.34. The Morgan fingerprint density at radius 1 is 0.967 bits per heavy atom. The van der Waals surface area contributed by atoms with Crippen molar-refractivity contribution in [3.05, 3.63) is 87.9 Å². The Bertz CT molecular complexity index is 1060. The number of benzene rings is 2. The summed E-state index contributed by atoms with van der Waals surface area (Å²) in [5.74, 6) is -1.02.